The zero-order valence-electron chi connectivity index (χ0n) is 20.1. The molecule has 31 heavy (non-hydrogen) atoms. The van der Waals surface area contributed by atoms with Crippen LogP contribution in [0.5, 0.6) is 0 Å². The van der Waals surface area contributed by atoms with Crippen LogP contribution in [0.2, 0.25) is 0 Å². The number of carbonyl (C=O) groups is 3. The highest BCUT2D eigenvalue weighted by atomic mass is 16.2. The van der Waals surface area contributed by atoms with Crippen LogP contribution >= 0.6 is 0 Å². The summed E-state index contributed by atoms with van der Waals surface area (Å²) < 4.78 is 0. The molecule has 0 radical (unpaired) electrons. The maximum atomic E-state index is 13.3. The summed E-state index contributed by atoms with van der Waals surface area (Å²) in [6.07, 6.45) is 11.1. The summed E-state index contributed by atoms with van der Waals surface area (Å²) >= 11 is 0. The normalized spacial score (nSPS) is 39.1. The largest absolute Gasteiger partial charge is 0.326 e. The molecule has 0 saturated heterocycles. The molecule has 0 heterocycles. The van der Waals surface area contributed by atoms with E-state index in [1.807, 2.05) is 13.8 Å². The quantitative estimate of drug-likeness (QED) is 0.591. The van der Waals surface area contributed by atoms with Crippen LogP contribution in [0.3, 0.4) is 0 Å². The van der Waals surface area contributed by atoms with Crippen molar-refractivity contribution in [1.29, 1.82) is 0 Å². The van der Waals surface area contributed by atoms with Crippen LogP contribution in [-0.2, 0) is 9.59 Å². The summed E-state index contributed by atoms with van der Waals surface area (Å²) in [7, 11) is 1.53. The highest BCUT2D eigenvalue weighted by molar-refractivity contribution is 6.11. The summed E-state index contributed by atoms with van der Waals surface area (Å²) in [5.41, 5.74) is 1.66. The first kappa shape index (κ1) is 22.5. The summed E-state index contributed by atoms with van der Waals surface area (Å²) in [4.78, 5) is 41.9. The molecule has 3 fully saturated rings. The van der Waals surface area contributed by atoms with Gasteiger partial charge in [0, 0.05) is 20.1 Å². The number of fused-ring (bicyclic) bond motifs is 5. The smallest absolute Gasteiger partial charge is 0.325 e. The number of nitrogens with zero attached hydrogens (tertiary/aromatic N) is 2. The van der Waals surface area contributed by atoms with Crippen molar-refractivity contribution in [3.8, 4) is 0 Å². The van der Waals surface area contributed by atoms with Crippen molar-refractivity contribution in [2.75, 3.05) is 20.1 Å². The summed E-state index contributed by atoms with van der Waals surface area (Å²) in [5.74, 6) is 0.897. The molecule has 3 amide bonds. The molecule has 5 heteroatoms. The summed E-state index contributed by atoms with van der Waals surface area (Å²) in [6, 6.07) is -0.302. The molecule has 0 N–H and O–H groups in total. The standard InChI is InChI=1S/C26H40N2O3/c1-6-28(7-2)24(31)27(5)23(30)19-16-26(4)17(15-22(19)29)10-11-18-20-9-8-13-25(20,3)14-12-21(18)26/h15,18-21H,6-14,16H2,1-5H3/t18-,19?,20-,21+,25-,26-/m0/s1. The number of urea groups is 1. The monoisotopic (exact) mass is 428 g/mol. The maximum Gasteiger partial charge on any atom is 0.326 e. The fourth-order valence-corrected chi connectivity index (χ4v) is 7.88. The molecular weight excluding hydrogens is 388 g/mol. The molecular formula is C26H40N2O3. The van der Waals surface area contributed by atoms with Gasteiger partial charge in [-0.3, -0.25) is 14.5 Å². The van der Waals surface area contributed by atoms with Crippen LogP contribution in [0.25, 0.3) is 0 Å². The van der Waals surface area contributed by atoms with E-state index in [0.29, 0.717) is 36.8 Å². The van der Waals surface area contributed by atoms with Gasteiger partial charge in [-0.2, -0.15) is 0 Å². The van der Waals surface area contributed by atoms with Crippen molar-refractivity contribution in [3.63, 3.8) is 0 Å². The minimum absolute atomic E-state index is 0.0971. The second-order valence-corrected chi connectivity index (χ2v) is 11.1. The van der Waals surface area contributed by atoms with Crippen molar-refractivity contribution >= 4 is 17.7 Å². The van der Waals surface area contributed by atoms with Gasteiger partial charge in [0.25, 0.3) is 0 Å². The number of ketones is 1. The number of allylic oxidation sites excluding steroid dienone is 1. The van der Waals surface area contributed by atoms with E-state index < -0.39 is 5.92 Å². The number of hydrogen-bond acceptors (Lipinski definition) is 3. The average Bonchev–Trinajstić information content (AvgIpc) is 3.15. The van der Waals surface area contributed by atoms with Gasteiger partial charge in [0.15, 0.2) is 5.78 Å². The van der Waals surface area contributed by atoms with Crippen molar-refractivity contribution in [2.45, 2.75) is 79.1 Å². The second-order valence-electron chi connectivity index (χ2n) is 11.1. The van der Waals surface area contributed by atoms with E-state index in [0.717, 1.165) is 12.3 Å². The molecule has 172 valence electrons. The third kappa shape index (κ3) is 3.47. The molecule has 4 rings (SSSR count). The zero-order chi connectivity index (χ0) is 22.6. The average molecular weight is 429 g/mol. The predicted molar refractivity (Wildman–Crippen MR) is 121 cm³/mol. The van der Waals surface area contributed by atoms with Crippen LogP contribution in [0.1, 0.15) is 79.1 Å². The van der Waals surface area contributed by atoms with E-state index in [4.69, 9.17) is 0 Å². The first-order valence-electron chi connectivity index (χ1n) is 12.5. The molecule has 0 bridgehead atoms. The highest BCUT2D eigenvalue weighted by Crippen LogP contribution is 2.65. The number of amides is 3. The Balaban J connectivity index is 1.59. The molecule has 4 aliphatic carbocycles. The Kier molecular flexibility index (Phi) is 5.85. The molecule has 5 nitrogen and oxygen atoms in total. The lowest BCUT2D eigenvalue weighted by molar-refractivity contribution is -0.140. The third-order valence-electron chi connectivity index (χ3n) is 9.75. The van der Waals surface area contributed by atoms with Crippen molar-refractivity contribution in [2.24, 2.45) is 34.5 Å². The van der Waals surface area contributed by atoms with E-state index >= 15 is 0 Å². The number of imide groups is 1. The summed E-state index contributed by atoms with van der Waals surface area (Å²) in [5, 5.41) is 0. The lowest BCUT2D eigenvalue weighted by Gasteiger charge is -2.58. The zero-order valence-corrected chi connectivity index (χ0v) is 20.1. The topological polar surface area (TPSA) is 57.7 Å². The van der Waals surface area contributed by atoms with E-state index in [1.165, 1.54) is 56.0 Å². The fraction of sp³-hybridized carbons (Fsp3) is 0.808. The maximum absolute atomic E-state index is 13.3. The van der Waals surface area contributed by atoms with Gasteiger partial charge in [0.1, 0.15) is 5.92 Å². The van der Waals surface area contributed by atoms with Gasteiger partial charge in [0.05, 0.1) is 0 Å². The van der Waals surface area contributed by atoms with Gasteiger partial charge in [-0.25, -0.2) is 4.79 Å². The van der Waals surface area contributed by atoms with Crippen LogP contribution in [0, 0.1) is 34.5 Å². The van der Waals surface area contributed by atoms with Gasteiger partial charge in [-0.15, -0.1) is 0 Å². The van der Waals surface area contributed by atoms with E-state index in [1.54, 1.807) is 11.0 Å². The molecule has 1 unspecified atom stereocenters. The first-order valence-corrected chi connectivity index (χ1v) is 12.5. The molecule has 0 aromatic heterocycles. The molecule has 0 aromatic carbocycles. The second kappa shape index (κ2) is 8.04. The Bertz CT molecular complexity index is 800. The van der Waals surface area contributed by atoms with Gasteiger partial charge in [-0.1, -0.05) is 25.8 Å². The van der Waals surface area contributed by atoms with E-state index in [2.05, 4.69) is 13.8 Å². The number of rotatable bonds is 3. The van der Waals surface area contributed by atoms with Gasteiger partial charge < -0.3 is 4.90 Å². The van der Waals surface area contributed by atoms with Gasteiger partial charge >= 0.3 is 6.03 Å². The number of carbonyl (C=O) groups excluding carboxylic acids is 3. The SMILES string of the molecule is CCN(CC)C(=O)N(C)C(=O)C1C[C@@]2(C)C(=CC1=O)CC[C@@H]1[C@H]2CC[C@]2(C)CCC[C@@H]12. The van der Waals surface area contributed by atoms with Crippen LogP contribution in [0.15, 0.2) is 11.6 Å². The van der Waals surface area contributed by atoms with Gasteiger partial charge in [-0.05, 0) is 93.5 Å². The third-order valence-corrected chi connectivity index (χ3v) is 9.75. The Morgan fingerprint density at radius 1 is 1.06 bits per heavy atom. The van der Waals surface area contributed by atoms with Crippen LogP contribution in [-0.4, -0.2) is 47.7 Å². The highest BCUT2D eigenvalue weighted by Gasteiger charge is 2.58. The lowest BCUT2D eigenvalue weighted by Crippen LogP contribution is -2.53. The van der Waals surface area contributed by atoms with Crippen molar-refractivity contribution in [1.82, 2.24) is 9.80 Å². The lowest BCUT2D eigenvalue weighted by atomic mass is 9.47. The minimum Gasteiger partial charge on any atom is -0.325 e. The Hall–Kier alpha value is -1.65. The predicted octanol–water partition coefficient (Wildman–Crippen LogP) is 5.05. The Morgan fingerprint density at radius 3 is 2.45 bits per heavy atom. The Morgan fingerprint density at radius 2 is 1.77 bits per heavy atom. The fourth-order valence-electron chi connectivity index (χ4n) is 7.88. The van der Waals surface area contributed by atoms with E-state index in [9.17, 15) is 14.4 Å². The van der Waals surface area contributed by atoms with Gasteiger partial charge in [0.2, 0.25) is 5.91 Å². The van der Waals surface area contributed by atoms with E-state index in [-0.39, 0.29) is 23.1 Å². The summed E-state index contributed by atoms with van der Waals surface area (Å²) in [6.45, 7) is 9.73. The molecule has 0 spiro atoms. The molecule has 6 atom stereocenters. The minimum atomic E-state index is -0.728. The van der Waals surface area contributed by atoms with Crippen LogP contribution in [0.4, 0.5) is 4.79 Å². The molecule has 3 saturated carbocycles. The van der Waals surface area contributed by atoms with Crippen LogP contribution < -0.4 is 0 Å². The van der Waals surface area contributed by atoms with Crippen molar-refractivity contribution in [3.05, 3.63) is 11.6 Å². The first-order chi connectivity index (χ1) is 14.7. The van der Waals surface area contributed by atoms with Crippen molar-refractivity contribution < 1.29 is 14.4 Å². The Labute approximate surface area is 187 Å². The molecule has 4 aliphatic rings. The molecule has 0 aromatic rings. The number of hydrogen-bond donors (Lipinski definition) is 0. The molecule has 0 aliphatic heterocycles.